The number of carboxylic acid groups (broad SMARTS) is 1. The first kappa shape index (κ1) is 15.6. The van der Waals surface area contributed by atoms with Crippen LogP contribution in [0.4, 0.5) is 4.79 Å². The summed E-state index contributed by atoms with van der Waals surface area (Å²) >= 11 is 0. The van der Waals surface area contributed by atoms with Gasteiger partial charge in [-0.05, 0) is 6.42 Å². The Morgan fingerprint density at radius 2 is 2.15 bits per heavy atom. The van der Waals surface area contributed by atoms with Crippen LogP contribution in [0.3, 0.4) is 0 Å². The lowest BCUT2D eigenvalue weighted by molar-refractivity contribution is -0.137. The molecule has 0 saturated heterocycles. The fourth-order valence-electron chi connectivity index (χ4n) is 1.36. The molecular formula is C11H17N5O4. The lowest BCUT2D eigenvalue weighted by Gasteiger charge is -2.04. The van der Waals surface area contributed by atoms with E-state index in [1.54, 1.807) is 0 Å². The Morgan fingerprint density at radius 3 is 2.80 bits per heavy atom. The van der Waals surface area contributed by atoms with Crippen LogP contribution in [0.2, 0.25) is 0 Å². The van der Waals surface area contributed by atoms with Crippen LogP contribution in [0.15, 0.2) is 6.20 Å². The summed E-state index contributed by atoms with van der Waals surface area (Å²) in [5.74, 6) is -1.45. The van der Waals surface area contributed by atoms with Gasteiger partial charge in [-0.2, -0.15) is 0 Å². The van der Waals surface area contributed by atoms with Gasteiger partial charge in [0.25, 0.3) is 0 Å². The quantitative estimate of drug-likeness (QED) is 0.621. The third-order valence-corrected chi connectivity index (χ3v) is 2.28. The van der Waals surface area contributed by atoms with Gasteiger partial charge in [-0.3, -0.25) is 14.9 Å². The minimum atomic E-state index is -0.926. The second-order valence-corrected chi connectivity index (χ2v) is 4.11. The first-order valence-corrected chi connectivity index (χ1v) is 6.19. The minimum absolute atomic E-state index is 0.0513. The largest absolute Gasteiger partial charge is 0.481 e. The van der Waals surface area contributed by atoms with Gasteiger partial charge in [0.15, 0.2) is 0 Å². The number of imide groups is 1. The Labute approximate surface area is 115 Å². The maximum absolute atomic E-state index is 11.5. The van der Waals surface area contributed by atoms with Crippen molar-refractivity contribution in [3.63, 3.8) is 0 Å². The van der Waals surface area contributed by atoms with Crippen molar-refractivity contribution in [3.05, 3.63) is 11.9 Å². The second-order valence-electron chi connectivity index (χ2n) is 4.11. The zero-order valence-electron chi connectivity index (χ0n) is 11.1. The van der Waals surface area contributed by atoms with Crippen molar-refractivity contribution in [3.8, 4) is 0 Å². The van der Waals surface area contributed by atoms with Crippen LogP contribution in [0.1, 0.15) is 25.5 Å². The van der Waals surface area contributed by atoms with E-state index in [0.29, 0.717) is 12.2 Å². The summed E-state index contributed by atoms with van der Waals surface area (Å²) in [5, 5.41) is 20.6. The number of urea groups is 1. The van der Waals surface area contributed by atoms with Gasteiger partial charge in [0.1, 0.15) is 6.54 Å². The minimum Gasteiger partial charge on any atom is -0.481 e. The molecule has 9 heteroatoms. The molecule has 0 atom stereocenters. The molecule has 0 aliphatic carbocycles. The molecule has 3 N–H and O–H groups in total. The molecule has 1 rings (SSSR count). The lowest BCUT2D eigenvalue weighted by Crippen LogP contribution is -2.41. The predicted octanol–water partition coefficient (Wildman–Crippen LogP) is -0.469. The molecule has 1 heterocycles. The summed E-state index contributed by atoms with van der Waals surface area (Å²) in [6.45, 7) is 2.23. The Bertz CT molecular complexity index is 485. The number of nitrogens with one attached hydrogen (secondary N) is 2. The molecule has 20 heavy (non-hydrogen) atoms. The zero-order valence-corrected chi connectivity index (χ0v) is 11.1. The van der Waals surface area contributed by atoms with E-state index in [0.717, 1.165) is 6.42 Å². The van der Waals surface area contributed by atoms with E-state index in [9.17, 15) is 14.4 Å². The van der Waals surface area contributed by atoms with Crippen LogP contribution in [0.5, 0.6) is 0 Å². The first-order valence-electron chi connectivity index (χ1n) is 6.19. The third-order valence-electron chi connectivity index (χ3n) is 2.28. The van der Waals surface area contributed by atoms with E-state index >= 15 is 0 Å². The number of rotatable bonds is 7. The summed E-state index contributed by atoms with van der Waals surface area (Å²) in [5.41, 5.74) is 0.482. The van der Waals surface area contributed by atoms with Crippen molar-refractivity contribution >= 4 is 17.9 Å². The maximum Gasteiger partial charge on any atom is 0.321 e. The van der Waals surface area contributed by atoms with E-state index in [1.807, 2.05) is 6.92 Å². The number of hydrogen-bond acceptors (Lipinski definition) is 5. The molecule has 1 aromatic heterocycles. The number of carboxylic acids is 1. The lowest BCUT2D eigenvalue weighted by atomic mass is 10.2. The van der Waals surface area contributed by atoms with Gasteiger partial charge in [-0.1, -0.05) is 12.1 Å². The number of nitrogens with zero attached hydrogens (tertiary/aromatic N) is 3. The smallest absolute Gasteiger partial charge is 0.321 e. The summed E-state index contributed by atoms with van der Waals surface area (Å²) in [7, 11) is 0. The Balaban J connectivity index is 2.38. The highest BCUT2D eigenvalue weighted by Crippen LogP contribution is 1.98. The average Bonchev–Trinajstić information content (AvgIpc) is 2.81. The summed E-state index contributed by atoms with van der Waals surface area (Å²) in [6.07, 6.45) is 2.45. The molecule has 110 valence electrons. The van der Waals surface area contributed by atoms with Gasteiger partial charge in [0, 0.05) is 19.2 Å². The van der Waals surface area contributed by atoms with Gasteiger partial charge in [0.2, 0.25) is 5.91 Å². The van der Waals surface area contributed by atoms with Gasteiger partial charge >= 0.3 is 12.0 Å². The molecule has 0 aliphatic rings. The molecule has 0 spiro atoms. The molecule has 3 amide bonds. The number of hydrogen-bond donors (Lipinski definition) is 3. The van der Waals surface area contributed by atoms with Gasteiger partial charge in [-0.15, -0.1) is 5.10 Å². The fraction of sp³-hybridized carbons (Fsp3) is 0.545. The van der Waals surface area contributed by atoms with Crippen LogP contribution in [-0.2, 0) is 22.6 Å². The Kier molecular flexibility index (Phi) is 6.14. The number of aliphatic carboxylic acids is 1. The maximum atomic E-state index is 11.5. The van der Waals surface area contributed by atoms with Crippen LogP contribution in [0, 0.1) is 0 Å². The van der Waals surface area contributed by atoms with Gasteiger partial charge in [-0.25, -0.2) is 9.48 Å². The number of carbonyl (C=O) groups excluding carboxylic acids is 2. The highest BCUT2D eigenvalue weighted by Gasteiger charge is 2.10. The van der Waals surface area contributed by atoms with Gasteiger partial charge < -0.3 is 10.4 Å². The van der Waals surface area contributed by atoms with Gasteiger partial charge in [0.05, 0.1) is 12.1 Å². The SMILES string of the molecule is CCCNC(=O)NC(=O)Cn1cc(CCC(=O)O)nn1. The molecule has 0 bridgehead atoms. The number of carbonyl (C=O) groups is 3. The molecular weight excluding hydrogens is 266 g/mol. The van der Waals surface area contributed by atoms with Crippen molar-refractivity contribution in [2.24, 2.45) is 0 Å². The monoisotopic (exact) mass is 283 g/mol. The van der Waals surface area contributed by atoms with Crippen LogP contribution in [-0.4, -0.2) is 44.6 Å². The fourth-order valence-corrected chi connectivity index (χ4v) is 1.36. The van der Waals surface area contributed by atoms with E-state index in [2.05, 4.69) is 20.9 Å². The van der Waals surface area contributed by atoms with E-state index < -0.39 is 17.9 Å². The molecule has 9 nitrogen and oxygen atoms in total. The van der Waals surface area contributed by atoms with Crippen molar-refractivity contribution < 1.29 is 19.5 Å². The van der Waals surface area contributed by atoms with Crippen LogP contribution in [0.25, 0.3) is 0 Å². The molecule has 0 fully saturated rings. The molecule has 0 radical (unpaired) electrons. The number of aromatic nitrogens is 3. The Morgan fingerprint density at radius 1 is 1.40 bits per heavy atom. The standard InChI is InChI=1S/C11H17N5O4/c1-2-5-12-11(20)13-9(17)7-16-6-8(14-15-16)3-4-10(18)19/h6H,2-5,7H2,1H3,(H,18,19)(H2,12,13,17,20). The number of amides is 3. The highest BCUT2D eigenvalue weighted by molar-refractivity contribution is 5.94. The zero-order chi connectivity index (χ0) is 15.0. The van der Waals surface area contributed by atoms with Crippen molar-refractivity contribution in [2.45, 2.75) is 32.7 Å². The second kappa shape index (κ2) is 7.87. The molecule has 1 aromatic rings. The van der Waals surface area contributed by atoms with Crippen molar-refractivity contribution in [2.75, 3.05) is 6.54 Å². The van der Waals surface area contributed by atoms with E-state index in [-0.39, 0.29) is 19.4 Å². The predicted molar refractivity (Wildman–Crippen MR) is 67.8 cm³/mol. The highest BCUT2D eigenvalue weighted by atomic mass is 16.4. The third kappa shape index (κ3) is 5.94. The normalized spacial score (nSPS) is 10.1. The molecule has 0 aromatic carbocycles. The van der Waals surface area contributed by atoms with Crippen molar-refractivity contribution in [1.29, 1.82) is 0 Å². The average molecular weight is 283 g/mol. The Hall–Kier alpha value is -2.45. The number of aryl methyl sites for hydroxylation is 1. The topological polar surface area (TPSA) is 126 Å². The van der Waals surface area contributed by atoms with Crippen LogP contribution < -0.4 is 10.6 Å². The van der Waals surface area contributed by atoms with E-state index in [1.165, 1.54) is 10.9 Å². The molecule has 0 saturated carbocycles. The van der Waals surface area contributed by atoms with Crippen LogP contribution >= 0.6 is 0 Å². The van der Waals surface area contributed by atoms with E-state index in [4.69, 9.17) is 5.11 Å². The summed E-state index contributed by atoms with van der Waals surface area (Å²) in [4.78, 5) is 33.1. The summed E-state index contributed by atoms with van der Waals surface area (Å²) in [6, 6.07) is -0.553. The summed E-state index contributed by atoms with van der Waals surface area (Å²) < 4.78 is 1.25. The first-order chi connectivity index (χ1) is 9.51. The molecule has 0 aliphatic heterocycles. The van der Waals surface area contributed by atoms with Crippen molar-refractivity contribution in [1.82, 2.24) is 25.6 Å². The molecule has 0 unspecified atom stereocenters.